The SMILES string of the molecule is C=C1[CH-]C(C(C)C)CCC1C.CC1C[CH-]C(C(C)C)CC1.Cc1[cH-]c(C)c(C)c1C.Cc1[cH-]c(C)c(C)c1C.[Ti+4]. The van der Waals surface area contributed by atoms with Crippen molar-refractivity contribution in [1.29, 1.82) is 0 Å². The topological polar surface area (TPSA) is 0 Å². The smallest absolute Gasteiger partial charge is 0.325 e. The molecular weight excluding hydrogens is 516 g/mol. The standard InChI is InChI=1S/C11H19.C10H19.2C9H13.Ti/c1-8(2)11-6-5-9(3)10(4)7-11;1-8(2)10-6-4-9(3)5-7-10;2*1-6-5-7(2)9(4)8(6)3;/h7-9,11H,4-6H2,1-3H3;6,8-10H,4-5,7H2,1-3H3;2*5H,1-4H3;/q4*-1;+4. The van der Waals surface area contributed by atoms with Crippen molar-refractivity contribution < 1.29 is 21.7 Å². The normalized spacial score (nSPS) is 22.1. The molecule has 4 unspecified atom stereocenters. The van der Waals surface area contributed by atoms with Crippen LogP contribution < -0.4 is 0 Å². The van der Waals surface area contributed by atoms with Gasteiger partial charge in [-0.05, 0) is 0 Å². The van der Waals surface area contributed by atoms with Gasteiger partial charge in [-0.25, -0.2) is 18.6 Å². The van der Waals surface area contributed by atoms with Crippen LogP contribution in [0.5, 0.6) is 0 Å². The molecule has 0 N–H and O–H groups in total. The summed E-state index contributed by atoms with van der Waals surface area (Å²) in [6, 6.07) is 4.48. The van der Waals surface area contributed by atoms with E-state index in [2.05, 4.69) is 128 Å². The molecule has 2 aliphatic rings. The maximum Gasteiger partial charge on any atom is 4.00 e. The fraction of sp³-hybridized carbons (Fsp3) is 0.641. The maximum absolute atomic E-state index is 4.07. The Bertz CT molecular complexity index is 891. The van der Waals surface area contributed by atoms with Gasteiger partial charge in [-0.3, -0.25) is 0 Å². The van der Waals surface area contributed by atoms with Crippen LogP contribution in [0, 0.1) is 104 Å². The fourth-order valence-electron chi connectivity index (χ4n) is 5.67. The number of hydrogen-bond acceptors (Lipinski definition) is 0. The number of hydrogen-bond donors (Lipinski definition) is 0. The van der Waals surface area contributed by atoms with E-state index in [4.69, 9.17) is 0 Å². The molecule has 1 heteroatoms. The molecule has 2 aromatic carbocycles. The van der Waals surface area contributed by atoms with Crippen LogP contribution in [-0.4, -0.2) is 0 Å². The number of aryl methyl sites for hydroxylation is 4. The molecule has 0 nitrogen and oxygen atoms in total. The fourth-order valence-corrected chi connectivity index (χ4v) is 5.67. The number of rotatable bonds is 2. The van der Waals surface area contributed by atoms with Gasteiger partial charge in [-0.1, -0.05) is 152 Å². The zero-order valence-corrected chi connectivity index (χ0v) is 30.6. The summed E-state index contributed by atoms with van der Waals surface area (Å²) in [5.74, 6) is 5.04. The van der Waals surface area contributed by atoms with Gasteiger partial charge in [0.15, 0.2) is 0 Å². The van der Waals surface area contributed by atoms with Gasteiger partial charge in [-0.15, -0.1) is 0 Å². The predicted molar refractivity (Wildman–Crippen MR) is 178 cm³/mol. The second-order valence-corrected chi connectivity index (χ2v) is 13.7. The molecule has 2 aromatic rings. The summed E-state index contributed by atoms with van der Waals surface area (Å²) in [5.41, 5.74) is 12.8. The Labute approximate surface area is 266 Å². The summed E-state index contributed by atoms with van der Waals surface area (Å²) in [4.78, 5) is 0. The monoisotopic (exact) mass is 580 g/mol. The van der Waals surface area contributed by atoms with E-state index in [1.165, 1.54) is 82.2 Å². The molecule has 2 aliphatic carbocycles. The molecular formula is C39H64Ti. The molecule has 0 radical (unpaired) electrons. The Morgan fingerprint density at radius 3 is 1.23 bits per heavy atom. The van der Waals surface area contributed by atoms with E-state index in [0.717, 1.165) is 35.5 Å². The van der Waals surface area contributed by atoms with Crippen molar-refractivity contribution in [3.63, 3.8) is 0 Å². The van der Waals surface area contributed by atoms with Crippen molar-refractivity contribution >= 4 is 0 Å². The van der Waals surface area contributed by atoms with Crippen molar-refractivity contribution in [3.05, 3.63) is 81.6 Å². The van der Waals surface area contributed by atoms with E-state index in [1.807, 2.05) is 0 Å². The van der Waals surface area contributed by atoms with E-state index in [1.54, 1.807) is 0 Å². The van der Waals surface area contributed by atoms with Gasteiger partial charge >= 0.3 is 21.7 Å². The van der Waals surface area contributed by atoms with Gasteiger partial charge in [0.05, 0.1) is 0 Å². The molecule has 0 amide bonds. The average molecular weight is 581 g/mol. The van der Waals surface area contributed by atoms with Crippen molar-refractivity contribution in [2.24, 2.45) is 35.5 Å². The molecule has 4 atom stereocenters. The Balaban J connectivity index is 0.000000504. The summed E-state index contributed by atoms with van der Waals surface area (Å²) in [5, 5.41) is 0. The van der Waals surface area contributed by atoms with Gasteiger partial charge in [0.2, 0.25) is 0 Å². The molecule has 2 saturated carbocycles. The first-order valence-corrected chi connectivity index (χ1v) is 15.8. The maximum atomic E-state index is 4.07. The van der Waals surface area contributed by atoms with E-state index < -0.39 is 0 Å². The summed E-state index contributed by atoms with van der Waals surface area (Å²) >= 11 is 0. The second-order valence-electron chi connectivity index (χ2n) is 13.7. The average Bonchev–Trinajstić information content (AvgIpc) is 3.24. The summed E-state index contributed by atoms with van der Waals surface area (Å²) < 4.78 is 0. The van der Waals surface area contributed by atoms with Crippen LogP contribution in [0.15, 0.2) is 24.3 Å². The van der Waals surface area contributed by atoms with Crippen LogP contribution in [0.4, 0.5) is 0 Å². The third kappa shape index (κ3) is 12.5. The predicted octanol–water partition coefficient (Wildman–Crippen LogP) is 12.0. The van der Waals surface area contributed by atoms with E-state index in [9.17, 15) is 0 Å². The van der Waals surface area contributed by atoms with Gasteiger partial charge < -0.3 is 6.42 Å². The Morgan fingerprint density at radius 2 is 0.975 bits per heavy atom. The molecule has 0 spiro atoms. The Hall–Kier alpha value is -0.976. The molecule has 0 saturated heterocycles. The van der Waals surface area contributed by atoms with Crippen molar-refractivity contribution in [2.75, 3.05) is 0 Å². The minimum absolute atomic E-state index is 0. The molecule has 0 aromatic heterocycles. The van der Waals surface area contributed by atoms with Gasteiger partial charge in [-0.2, -0.15) is 69.0 Å². The Morgan fingerprint density at radius 1 is 0.600 bits per heavy atom. The van der Waals surface area contributed by atoms with Crippen LogP contribution in [0.2, 0.25) is 0 Å². The van der Waals surface area contributed by atoms with E-state index in [-0.39, 0.29) is 21.7 Å². The first kappa shape index (κ1) is 39.0. The first-order valence-electron chi connectivity index (χ1n) is 15.8. The zero-order chi connectivity index (χ0) is 30.0. The number of allylic oxidation sites excluding steroid dienone is 1. The van der Waals surface area contributed by atoms with Crippen LogP contribution in [0.1, 0.15) is 118 Å². The molecule has 0 bridgehead atoms. The first-order chi connectivity index (χ1) is 18.1. The largest absolute Gasteiger partial charge is 4.00 e. The quantitative estimate of drug-likeness (QED) is 0.245. The molecule has 2 fully saturated rings. The summed E-state index contributed by atoms with van der Waals surface area (Å²) in [7, 11) is 0. The van der Waals surface area contributed by atoms with Crippen molar-refractivity contribution in [1.82, 2.24) is 0 Å². The molecule has 4 rings (SSSR count). The van der Waals surface area contributed by atoms with Crippen molar-refractivity contribution in [2.45, 2.75) is 129 Å². The van der Waals surface area contributed by atoms with Crippen LogP contribution in [0.25, 0.3) is 0 Å². The zero-order valence-electron chi connectivity index (χ0n) is 29.0. The van der Waals surface area contributed by atoms with Crippen molar-refractivity contribution in [3.8, 4) is 0 Å². The van der Waals surface area contributed by atoms with Crippen LogP contribution in [-0.2, 0) is 21.7 Å². The van der Waals surface area contributed by atoms with E-state index >= 15 is 0 Å². The van der Waals surface area contributed by atoms with Crippen LogP contribution in [0.3, 0.4) is 0 Å². The minimum Gasteiger partial charge on any atom is -0.325 e. The third-order valence-electron chi connectivity index (χ3n) is 9.90. The molecule has 40 heavy (non-hydrogen) atoms. The molecule has 0 aliphatic heterocycles. The molecule has 0 heterocycles. The van der Waals surface area contributed by atoms with E-state index in [0.29, 0.717) is 0 Å². The summed E-state index contributed by atoms with van der Waals surface area (Å²) in [6.07, 6.45) is 11.8. The van der Waals surface area contributed by atoms with Gasteiger partial charge in [0, 0.05) is 0 Å². The summed E-state index contributed by atoms with van der Waals surface area (Å²) in [6.45, 7) is 35.3. The van der Waals surface area contributed by atoms with Gasteiger partial charge in [0.1, 0.15) is 0 Å². The second kappa shape index (κ2) is 18.5. The van der Waals surface area contributed by atoms with Gasteiger partial charge in [0.25, 0.3) is 0 Å². The third-order valence-corrected chi connectivity index (χ3v) is 9.90. The van der Waals surface area contributed by atoms with Crippen LogP contribution >= 0.6 is 0 Å². The minimum atomic E-state index is 0. The Kier molecular flexibility index (Phi) is 18.1. The molecule has 224 valence electrons.